The normalized spacial score (nSPS) is 10.8. The molecule has 0 aromatic carbocycles. The first-order valence-corrected chi connectivity index (χ1v) is 7.22. The molecule has 0 bridgehead atoms. The second-order valence-electron chi connectivity index (χ2n) is 5.32. The molecule has 0 atom stereocenters. The molecule has 0 aliphatic heterocycles. The number of hydrogen-bond donors (Lipinski definition) is 0. The number of pyridine rings is 1. The van der Waals surface area contributed by atoms with Gasteiger partial charge in [-0.05, 0) is 25.5 Å². The molecule has 3 heterocycles. The van der Waals surface area contributed by atoms with Gasteiger partial charge in [0, 0.05) is 25.1 Å². The zero-order valence-electron chi connectivity index (χ0n) is 12.9. The third kappa shape index (κ3) is 2.55. The van der Waals surface area contributed by atoms with E-state index in [0.29, 0.717) is 12.2 Å². The van der Waals surface area contributed by atoms with E-state index in [1.54, 1.807) is 13.1 Å². The molecule has 0 fully saturated rings. The molecule has 3 rings (SSSR count). The number of aromatic nitrogens is 4. The van der Waals surface area contributed by atoms with Crippen LogP contribution in [0.2, 0.25) is 0 Å². The molecule has 0 aliphatic rings. The summed E-state index contributed by atoms with van der Waals surface area (Å²) < 4.78 is 4.25. The highest BCUT2D eigenvalue weighted by Gasteiger charge is 2.12. The van der Waals surface area contributed by atoms with Crippen molar-refractivity contribution in [2.75, 3.05) is 0 Å². The molecule has 0 radical (unpaired) electrons. The monoisotopic (exact) mass is 309 g/mol. The second kappa shape index (κ2) is 5.57. The summed E-state index contributed by atoms with van der Waals surface area (Å²) in [7, 11) is 0. The summed E-state index contributed by atoms with van der Waals surface area (Å²) in [5, 5.41) is 9.07. The number of nitriles is 1. The highest BCUT2D eigenvalue weighted by atomic mass is 16.2. The Kier molecular flexibility index (Phi) is 3.58. The highest BCUT2D eigenvalue weighted by molar-refractivity contribution is 5.41. The summed E-state index contributed by atoms with van der Waals surface area (Å²) >= 11 is 0. The number of rotatable bonds is 3. The fraction of sp³-hybridized carbons (Fsp3) is 0.250. The van der Waals surface area contributed by atoms with Gasteiger partial charge in [0.15, 0.2) is 0 Å². The first-order valence-electron chi connectivity index (χ1n) is 7.22. The van der Waals surface area contributed by atoms with E-state index in [9.17, 15) is 9.59 Å². The maximum Gasteiger partial charge on any atom is 0.331 e. The van der Waals surface area contributed by atoms with E-state index >= 15 is 0 Å². The average Bonchev–Trinajstić information content (AvgIpc) is 2.93. The first-order chi connectivity index (χ1) is 11.0. The maximum atomic E-state index is 12.3. The molecule has 0 saturated heterocycles. The third-order valence-corrected chi connectivity index (χ3v) is 3.67. The van der Waals surface area contributed by atoms with Crippen molar-refractivity contribution in [1.82, 2.24) is 18.5 Å². The van der Waals surface area contributed by atoms with Crippen LogP contribution in [0.3, 0.4) is 0 Å². The second-order valence-corrected chi connectivity index (χ2v) is 5.32. The maximum absolute atomic E-state index is 12.3. The van der Waals surface area contributed by atoms with Crippen molar-refractivity contribution in [1.29, 1.82) is 5.26 Å². The predicted molar refractivity (Wildman–Crippen MR) is 84.4 cm³/mol. The van der Waals surface area contributed by atoms with Crippen molar-refractivity contribution < 1.29 is 0 Å². The van der Waals surface area contributed by atoms with E-state index in [2.05, 4.69) is 4.98 Å². The number of hydrogen-bond acceptors (Lipinski definition) is 4. The molecule has 0 spiro atoms. The molecule has 0 unspecified atom stereocenters. The van der Waals surface area contributed by atoms with E-state index < -0.39 is 11.2 Å². The van der Waals surface area contributed by atoms with Gasteiger partial charge in [0.25, 0.3) is 5.56 Å². The largest absolute Gasteiger partial charge is 0.331 e. The van der Waals surface area contributed by atoms with Gasteiger partial charge in [-0.3, -0.25) is 13.9 Å². The van der Waals surface area contributed by atoms with Crippen LogP contribution in [0.25, 0.3) is 5.65 Å². The van der Waals surface area contributed by atoms with Crippen LogP contribution in [-0.4, -0.2) is 18.5 Å². The summed E-state index contributed by atoms with van der Waals surface area (Å²) in [4.78, 5) is 29.0. The summed E-state index contributed by atoms with van der Waals surface area (Å²) in [6.45, 7) is 4.18. The van der Waals surface area contributed by atoms with Gasteiger partial charge < -0.3 is 4.40 Å². The van der Waals surface area contributed by atoms with E-state index in [4.69, 9.17) is 5.26 Å². The highest BCUT2D eigenvalue weighted by Crippen LogP contribution is 2.07. The van der Waals surface area contributed by atoms with Crippen molar-refractivity contribution in [2.24, 2.45) is 0 Å². The summed E-state index contributed by atoms with van der Waals surface area (Å²) in [5.41, 5.74) is 1.34. The minimum Gasteiger partial charge on any atom is -0.306 e. The van der Waals surface area contributed by atoms with Crippen LogP contribution in [0.15, 0.2) is 40.3 Å². The van der Waals surface area contributed by atoms with E-state index in [-0.39, 0.29) is 12.1 Å². The number of fused-ring (bicyclic) bond motifs is 1. The van der Waals surface area contributed by atoms with Gasteiger partial charge in [0.05, 0.1) is 12.2 Å². The first kappa shape index (κ1) is 14.8. The minimum atomic E-state index is -0.588. The lowest BCUT2D eigenvalue weighted by atomic mass is 10.3. The zero-order chi connectivity index (χ0) is 16.6. The third-order valence-electron chi connectivity index (χ3n) is 3.67. The molecule has 23 heavy (non-hydrogen) atoms. The Hall–Kier alpha value is -3.14. The molecular weight excluding hydrogens is 294 g/mol. The van der Waals surface area contributed by atoms with Crippen molar-refractivity contribution in [3.63, 3.8) is 0 Å². The number of nitrogens with zero attached hydrogens (tertiary/aromatic N) is 5. The smallest absolute Gasteiger partial charge is 0.306 e. The molecular formula is C16H15N5O2. The molecule has 3 aromatic heterocycles. The molecule has 0 N–H and O–H groups in total. The van der Waals surface area contributed by atoms with Gasteiger partial charge in [0.1, 0.15) is 17.3 Å². The molecule has 7 nitrogen and oxygen atoms in total. The Morgan fingerprint density at radius 1 is 1.22 bits per heavy atom. The van der Waals surface area contributed by atoms with Crippen LogP contribution in [0.4, 0.5) is 0 Å². The summed E-state index contributed by atoms with van der Waals surface area (Å²) in [6.07, 6.45) is 5.00. The lowest BCUT2D eigenvalue weighted by molar-refractivity contribution is 0.593. The van der Waals surface area contributed by atoms with Crippen molar-refractivity contribution in [3.8, 4) is 6.07 Å². The summed E-state index contributed by atoms with van der Waals surface area (Å²) in [6, 6.07) is 5.65. The molecule has 116 valence electrons. The molecule has 3 aromatic rings. The molecule has 0 saturated carbocycles. The van der Waals surface area contributed by atoms with E-state index in [1.165, 1.54) is 10.8 Å². The lowest BCUT2D eigenvalue weighted by Crippen LogP contribution is -2.41. The lowest BCUT2D eigenvalue weighted by Gasteiger charge is -2.07. The predicted octanol–water partition coefficient (Wildman–Crippen LogP) is 0.906. The van der Waals surface area contributed by atoms with Crippen LogP contribution in [0.1, 0.15) is 23.7 Å². The Balaban J connectivity index is 2.13. The summed E-state index contributed by atoms with van der Waals surface area (Å²) in [5.74, 6) is 0. The SMILES string of the molecule is CCn1cc(C#N)c(=O)n(Cc2cn3cc(C)ccc3n2)c1=O. The molecule has 7 heteroatoms. The number of aryl methyl sites for hydroxylation is 2. The van der Waals surface area contributed by atoms with Crippen LogP contribution >= 0.6 is 0 Å². The average molecular weight is 309 g/mol. The fourth-order valence-corrected chi connectivity index (χ4v) is 2.49. The molecule has 0 amide bonds. The van der Waals surface area contributed by atoms with Crippen LogP contribution in [0.5, 0.6) is 0 Å². The van der Waals surface area contributed by atoms with Gasteiger partial charge in [-0.1, -0.05) is 6.07 Å². The van der Waals surface area contributed by atoms with Crippen molar-refractivity contribution >= 4 is 5.65 Å². The number of imidazole rings is 1. The quantitative estimate of drug-likeness (QED) is 0.719. The van der Waals surface area contributed by atoms with Crippen LogP contribution in [0, 0.1) is 18.3 Å². The standard InChI is InChI=1S/C16H15N5O2/c1-3-19-8-12(6-17)15(22)21(16(19)23)10-13-9-20-7-11(2)4-5-14(20)18-13/h4-5,7-9H,3,10H2,1-2H3. The van der Waals surface area contributed by atoms with Gasteiger partial charge in [-0.15, -0.1) is 0 Å². The van der Waals surface area contributed by atoms with Gasteiger partial charge in [-0.25, -0.2) is 9.78 Å². The Morgan fingerprint density at radius 2 is 2.00 bits per heavy atom. The minimum absolute atomic E-state index is 0.0356. The van der Waals surface area contributed by atoms with Crippen molar-refractivity contribution in [3.05, 3.63) is 68.4 Å². The van der Waals surface area contributed by atoms with E-state index in [1.807, 2.05) is 35.7 Å². The van der Waals surface area contributed by atoms with Gasteiger partial charge >= 0.3 is 5.69 Å². The van der Waals surface area contributed by atoms with Crippen LogP contribution in [-0.2, 0) is 13.1 Å². The van der Waals surface area contributed by atoms with Crippen LogP contribution < -0.4 is 11.2 Å². The Morgan fingerprint density at radius 3 is 2.70 bits per heavy atom. The topological polar surface area (TPSA) is 85.1 Å². The molecule has 0 aliphatic carbocycles. The van der Waals surface area contributed by atoms with Gasteiger partial charge in [0.2, 0.25) is 0 Å². The Bertz CT molecular complexity index is 1050. The van der Waals surface area contributed by atoms with Crippen molar-refractivity contribution in [2.45, 2.75) is 26.9 Å². The Labute approximate surface area is 131 Å². The fourth-order valence-electron chi connectivity index (χ4n) is 2.49. The van der Waals surface area contributed by atoms with E-state index in [0.717, 1.165) is 15.8 Å². The van der Waals surface area contributed by atoms with Gasteiger partial charge in [-0.2, -0.15) is 5.26 Å². The zero-order valence-corrected chi connectivity index (χ0v) is 12.9.